The molecule has 0 aliphatic carbocycles. The fourth-order valence-electron chi connectivity index (χ4n) is 1.38. The van der Waals surface area contributed by atoms with Crippen LogP contribution in [0.5, 0.6) is 0 Å². The normalized spacial score (nSPS) is 23.2. The Balaban J connectivity index is 2.21. The van der Waals surface area contributed by atoms with E-state index in [1.54, 1.807) is 0 Å². The van der Waals surface area contributed by atoms with Crippen molar-refractivity contribution in [3.8, 4) is 0 Å². The fourth-order valence-corrected chi connectivity index (χ4v) is 1.38. The molecule has 1 heterocycles. The summed E-state index contributed by atoms with van der Waals surface area (Å²) in [6.07, 6.45) is 0.320. The Morgan fingerprint density at radius 1 is 1.54 bits per heavy atom. The number of amides is 1. The van der Waals surface area contributed by atoms with E-state index < -0.39 is 13.0 Å². The first-order chi connectivity index (χ1) is 6.20. The number of carbonyl (C=O) groups is 1. The van der Waals surface area contributed by atoms with Crippen LogP contribution in [0.3, 0.4) is 0 Å². The van der Waals surface area contributed by atoms with Gasteiger partial charge in [-0.05, 0) is 19.4 Å². The van der Waals surface area contributed by atoms with Crippen LogP contribution in [0, 0.1) is 0 Å². The number of piperidine rings is 1. The van der Waals surface area contributed by atoms with E-state index in [4.69, 9.17) is 0 Å². The number of hydrogen-bond donors (Lipinski definition) is 2. The minimum atomic E-state index is -2.47. The third-order valence-electron chi connectivity index (χ3n) is 2.06. The highest BCUT2D eigenvalue weighted by Gasteiger charge is 2.20. The zero-order valence-electron chi connectivity index (χ0n) is 7.35. The predicted octanol–water partition coefficient (Wildman–Crippen LogP) is 0.510. The van der Waals surface area contributed by atoms with Crippen molar-refractivity contribution in [2.24, 2.45) is 0 Å². The van der Waals surface area contributed by atoms with E-state index in [9.17, 15) is 13.6 Å². The van der Waals surface area contributed by atoms with Gasteiger partial charge in [-0.3, -0.25) is 4.79 Å². The fraction of sp³-hybridized carbons (Fsp3) is 0.875. The Labute approximate surface area is 75.9 Å². The molecule has 3 nitrogen and oxygen atoms in total. The van der Waals surface area contributed by atoms with E-state index in [1.165, 1.54) is 0 Å². The molecule has 0 aromatic carbocycles. The molecule has 1 saturated heterocycles. The Bertz CT molecular complexity index is 170. The minimum absolute atomic E-state index is 0.271. The summed E-state index contributed by atoms with van der Waals surface area (Å²) in [6.45, 7) is 0.254. The largest absolute Gasteiger partial charge is 0.349 e. The molecule has 1 amide bonds. The highest BCUT2D eigenvalue weighted by Crippen LogP contribution is 2.06. The third-order valence-corrected chi connectivity index (χ3v) is 2.06. The lowest BCUT2D eigenvalue weighted by molar-refractivity contribution is -0.124. The van der Waals surface area contributed by atoms with Gasteiger partial charge in [0.2, 0.25) is 5.91 Å². The molecule has 0 radical (unpaired) electrons. The van der Waals surface area contributed by atoms with Crippen LogP contribution in [0.1, 0.15) is 19.3 Å². The molecule has 0 saturated carbocycles. The van der Waals surface area contributed by atoms with Gasteiger partial charge in [-0.25, -0.2) is 8.78 Å². The van der Waals surface area contributed by atoms with Crippen molar-refractivity contribution in [2.45, 2.75) is 31.7 Å². The standard InChI is InChI=1S/C8H14F2N2O/c9-7(10)5-12-8(13)6-3-1-2-4-11-6/h6-7,11H,1-5H2,(H,12,13). The van der Waals surface area contributed by atoms with Gasteiger partial charge in [-0.15, -0.1) is 0 Å². The second kappa shape index (κ2) is 5.11. The maximum atomic E-state index is 11.7. The number of rotatable bonds is 3. The van der Waals surface area contributed by atoms with Crippen LogP contribution >= 0.6 is 0 Å². The van der Waals surface area contributed by atoms with Gasteiger partial charge in [0, 0.05) is 0 Å². The summed E-state index contributed by atoms with van der Waals surface area (Å²) in [7, 11) is 0. The summed E-state index contributed by atoms with van der Waals surface area (Å²) < 4.78 is 23.5. The van der Waals surface area contributed by atoms with Crippen LogP contribution in [-0.4, -0.2) is 31.5 Å². The lowest BCUT2D eigenvalue weighted by atomic mass is 10.0. The molecular formula is C8H14F2N2O. The first kappa shape index (κ1) is 10.4. The van der Waals surface area contributed by atoms with E-state index >= 15 is 0 Å². The van der Waals surface area contributed by atoms with Crippen LogP contribution in [0.2, 0.25) is 0 Å². The number of halogens is 2. The molecule has 1 fully saturated rings. The summed E-state index contributed by atoms with van der Waals surface area (Å²) in [5.41, 5.74) is 0. The van der Waals surface area contributed by atoms with Gasteiger partial charge < -0.3 is 10.6 Å². The zero-order chi connectivity index (χ0) is 9.68. The average molecular weight is 192 g/mol. The smallest absolute Gasteiger partial charge is 0.255 e. The molecular weight excluding hydrogens is 178 g/mol. The molecule has 0 bridgehead atoms. The topological polar surface area (TPSA) is 41.1 Å². The highest BCUT2D eigenvalue weighted by molar-refractivity contribution is 5.81. The van der Waals surface area contributed by atoms with E-state index in [0.717, 1.165) is 25.8 Å². The number of carbonyl (C=O) groups excluding carboxylic acids is 1. The quantitative estimate of drug-likeness (QED) is 0.684. The monoisotopic (exact) mass is 192 g/mol. The predicted molar refractivity (Wildman–Crippen MR) is 44.7 cm³/mol. The Hall–Kier alpha value is -0.710. The Morgan fingerprint density at radius 3 is 2.85 bits per heavy atom. The first-order valence-electron chi connectivity index (χ1n) is 4.49. The molecule has 2 N–H and O–H groups in total. The summed E-state index contributed by atoms with van der Waals surface area (Å²) in [5, 5.41) is 5.19. The molecule has 1 rings (SSSR count). The maximum Gasteiger partial charge on any atom is 0.255 e. The first-order valence-corrected chi connectivity index (χ1v) is 4.49. The molecule has 1 aliphatic rings. The van der Waals surface area contributed by atoms with Crippen LogP contribution in [0.15, 0.2) is 0 Å². The van der Waals surface area contributed by atoms with E-state index in [1.807, 2.05) is 0 Å². The summed E-state index contributed by atoms with van der Waals surface area (Å²) >= 11 is 0. The zero-order valence-corrected chi connectivity index (χ0v) is 7.35. The number of hydrogen-bond acceptors (Lipinski definition) is 2. The van der Waals surface area contributed by atoms with E-state index in [0.29, 0.717) is 0 Å². The summed E-state index contributed by atoms with van der Waals surface area (Å²) in [6, 6.07) is -0.271. The highest BCUT2D eigenvalue weighted by atomic mass is 19.3. The summed E-state index contributed by atoms with van der Waals surface area (Å²) in [4.78, 5) is 11.2. The third kappa shape index (κ3) is 3.67. The number of nitrogens with one attached hydrogen (secondary N) is 2. The second-order valence-electron chi connectivity index (χ2n) is 3.14. The average Bonchev–Trinajstić information content (AvgIpc) is 2.15. The molecule has 1 atom stereocenters. The van der Waals surface area contributed by atoms with Gasteiger partial charge >= 0.3 is 0 Å². The van der Waals surface area contributed by atoms with Crippen LogP contribution in [-0.2, 0) is 4.79 Å². The van der Waals surface area contributed by atoms with Gasteiger partial charge in [0.25, 0.3) is 6.43 Å². The second-order valence-corrected chi connectivity index (χ2v) is 3.14. The molecule has 0 aromatic heterocycles. The lowest BCUT2D eigenvalue weighted by Crippen LogP contribution is -2.47. The maximum absolute atomic E-state index is 11.7. The van der Waals surface area contributed by atoms with Gasteiger partial charge in [-0.2, -0.15) is 0 Å². The van der Waals surface area contributed by atoms with Gasteiger partial charge in [-0.1, -0.05) is 6.42 Å². The van der Waals surface area contributed by atoms with Crippen molar-refractivity contribution in [1.82, 2.24) is 10.6 Å². The molecule has 0 spiro atoms. The molecule has 13 heavy (non-hydrogen) atoms. The SMILES string of the molecule is O=C(NCC(F)F)C1CCCCN1. The molecule has 5 heteroatoms. The minimum Gasteiger partial charge on any atom is -0.349 e. The Morgan fingerprint density at radius 2 is 2.31 bits per heavy atom. The van der Waals surface area contributed by atoms with Crippen molar-refractivity contribution in [3.63, 3.8) is 0 Å². The van der Waals surface area contributed by atoms with Gasteiger partial charge in [0.1, 0.15) is 0 Å². The molecule has 1 aliphatic heterocycles. The van der Waals surface area contributed by atoms with Crippen LogP contribution in [0.25, 0.3) is 0 Å². The van der Waals surface area contributed by atoms with Crippen molar-refractivity contribution in [1.29, 1.82) is 0 Å². The molecule has 0 aromatic rings. The van der Waals surface area contributed by atoms with Gasteiger partial charge in [0.15, 0.2) is 0 Å². The van der Waals surface area contributed by atoms with Crippen LogP contribution < -0.4 is 10.6 Å². The van der Waals surface area contributed by atoms with Gasteiger partial charge in [0.05, 0.1) is 12.6 Å². The van der Waals surface area contributed by atoms with Crippen LogP contribution in [0.4, 0.5) is 8.78 Å². The Kier molecular flexibility index (Phi) is 4.08. The number of alkyl halides is 2. The summed E-state index contributed by atoms with van der Waals surface area (Å²) in [5.74, 6) is -0.306. The molecule has 1 unspecified atom stereocenters. The van der Waals surface area contributed by atoms with Crippen molar-refractivity contribution in [3.05, 3.63) is 0 Å². The van der Waals surface area contributed by atoms with E-state index in [-0.39, 0.29) is 11.9 Å². The van der Waals surface area contributed by atoms with Crippen molar-refractivity contribution >= 4 is 5.91 Å². The molecule has 76 valence electrons. The lowest BCUT2D eigenvalue weighted by Gasteiger charge is -2.22. The van der Waals surface area contributed by atoms with Crippen molar-refractivity contribution in [2.75, 3.05) is 13.1 Å². The van der Waals surface area contributed by atoms with E-state index in [2.05, 4.69) is 10.6 Å². The van der Waals surface area contributed by atoms with Crippen molar-refractivity contribution < 1.29 is 13.6 Å².